The normalized spacial score (nSPS) is 16.8. The van der Waals surface area contributed by atoms with Crippen molar-refractivity contribution in [2.24, 2.45) is 5.92 Å². The van der Waals surface area contributed by atoms with Crippen LogP contribution in [0.15, 0.2) is 48.5 Å². The molecule has 0 saturated carbocycles. The SMILES string of the molecule is COc1cc(OC)cc(C(=O)NCC2CCCN(CC=Cc3ccccc3OC)C2)c1. The number of para-hydroxylation sites is 1. The lowest BCUT2D eigenvalue weighted by Crippen LogP contribution is -2.40. The number of hydrogen-bond acceptors (Lipinski definition) is 5. The summed E-state index contributed by atoms with van der Waals surface area (Å²) in [7, 11) is 4.85. The zero-order chi connectivity index (χ0) is 22.1. The van der Waals surface area contributed by atoms with Crippen LogP contribution in [-0.4, -0.2) is 58.3 Å². The van der Waals surface area contributed by atoms with Crippen LogP contribution in [0.2, 0.25) is 0 Å². The molecule has 31 heavy (non-hydrogen) atoms. The van der Waals surface area contributed by atoms with Crippen molar-refractivity contribution in [2.75, 3.05) is 47.5 Å². The Morgan fingerprint density at radius 1 is 1.10 bits per heavy atom. The summed E-state index contributed by atoms with van der Waals surface area (Å²) in [5.74, 6) is 2.42. The van der Waals surface area contributed by atoms with E-state index < -0.39 is 0 Å². The van der Waals surface area contributed by atoms with E-state index in [-0.39, 0.29) is 5.91 Å². The molecule has 3 rings (SSSR count). The van der Waals surface area contributed by atoms with Crippen molar-refractivity contribution in [1.82, 2.24) is 10.2 Å². The molecule has 0 radical (unpaired) electrons. The van der Waals surface area contributed by atoms with Gasteiger partial charge in [-0.05, 0) is 43.5 Å². The fourth-order valence-corrected chi connectivity index (χ4v) is 3.89. The number of methoxy groups -OCH3 is 3. The number of ether oxygens (including phenoxy) is 3. The summed E-state index contributed by atoms with van der Waals surface area (Å²) in [6, 6.07) is 13.2. The first-order valence-corrected chi connectivity index (χ1v) is 10.7. The van der Waals surface area contributed by atoms with E-state index in [4.69, 9.17) is 14.2 Å². The summed E-state index contributed by atoms with van der Waals surface area (Å²) in [6.45, 7) is 3.59. The molecule has 6 heteroatoms. The first-order chi connectivity index (χ1) is 15.1. The first-order valence-electron chi connectivity index (χ1n) is 10.7. The van der Waals surface area contributed by atoms with Crippen LogP contribution >= 0.6 is 0 Å². The number of likely N-dealkylation sites (tertiary alicyclic amines) is 1. The molecule has 1 amide bonds. The van der Waals surface area contributed by atoms with Gasteiger partial charge in [0.25, 0.3) is 5.91 Å². The van der Waals surface area contributed by atoms with Gasteiger partial charge in [0.15, 0.2) is 0 Å². The summed E-state index contributed by atoms with van der Waals surface area (Å²) in [6.07, 6.45) is 6.55. The van der Waals surface area contributed by atoms with Gasteiger partial charge in [-0.2, -0.15) is 0 Å². The molecule has 1 heterocycles. The highest BCUT2D eigenvalue weighted by atomic mass is 16.5. The van der Waals surface area contributed by atoms with Gasteiger partial charge >= 0.3 is 0 Å². The first kappa shape index (κ1) is 22.7. The molecule has 1 saturated heterocycles. The molecule has 1 aliphatic heterocycles. The summed E-state index contributed by atoms with van der Waals surface area (Å²) in [5, 5.41) is 3.08. The van der Waals surface area contributed by atoms with E-state index in [9.17, 15) is 4.79 Å². The molecule has 0 bridgehead atoms. The summed E-state index contributed by atoms with van der Waals surface area (Å²) < 4.78 is 15.9. The topological polar surface area (TPSA) is 60.0 Å². The van der Waals surface area contributed by atoms with Gasteiger partial charge in [-0.1, -0.05) is 30.4 Å². The van der Waals surface area contributed by atoms with Gasteiger partial charge in [-0.3, -0.25) is 9.69 Å². The number of rotatable bonds is 9. The van der Waals surface area contributed by atoms with E-state index in [1.807, 2.05) is 18.2 Å². The molecule has 0 aromatic heterocycles. The number of amides is 1. The minimum Gasteiger partial charge on any atom is -0.497 e. The lowest BCUT2D eigenvalue weighted by atomic mass is 9.97. The number of nitrogens with zero attached hydrogens (tertiary/aromatic N) is 1. The van der Waals surface area contributed by atoms with Gasteiger partial charge in [-0.15, -0.1) is 0 Å². The van der Waals surface area contributed by atoms with E-state index in [2.05, 4.69) is 28.4 Å². The smallest absolute Gasteiger partial charge is 0.251 e. The third-order valence-electron chi connectivity index (χ3n) is 5.57. The van der Waals surface area contributed by atoms with E-state index in [0.29, 0.717) is 29.5 Å². The Labute approximate surface area is 184 Å². The average Bonchev–Trinajstić information content (AvgIpc) is 2.82. The quantitative estimate of drug-likeness (QED) is 0.662. The summed E-state index contributed by atoms with van der Waals surface area (Å²) in [5.41, 5.74) is 1.63. The van der Waals surface area contributed by atoms with Crippen molar-refractivity contribution in [3.63, 3.8) is 0 Å². The maximum Gasteiger partial charge on any atom is 0.251 e. The summed E-state index contributed by atoms with van der Waals surface area (Å²) in [4.78, 5) is 15.1. The standard InChI is InChI=1S/C25H32N2O4/c1-29-22-14-21(15-23(16-22)30-2)25(28)26-17-19-8-6-12-27(18-19)13-7-10-20-9-4-5-11-24(20)31-3/h4-5,7,9-11,14-16,19H,6,8,12-13,17-18H2,1-3H3,(H,26,28). The van der Waals surface area contributed by atoms with Gasteiger partial charge < -0.3 is 19.5 Å². The monoisotopic (exact) mass is 424 g/mol. The number of piperidine rings is 1. The van der Waals surface area contributed by atoms with Crippen molar-refractivity contribution in [3.8, 4) is 17.2 Å². The Kier molecular flexibility index (Phi) is 8.35. The fraction of sp³-hybridized carbons (Fsp3) is 0.400. The number of benzene rings is 2. The Hall–Kier alpha value is -2.99. The van der Waals surface area contributed by atoms with E-state index in [1.54, 1.807) is 39.5 Å². The van der Waals surface area contributed by atoms with Crippen LogP contribution in [0.4, 0.5) is 0 Å². The van der Waals surface area contributed by atoms with Crippen LogP contribution in [0.5, 0.6) is 17.2 Å². The molecule has 6 nitrogen and oxygen atoms in total. The summed E-state index contributed by atoms with van der Waals surface area (Å²) >= 11 is 0. The largest absolute Gasteiger partial charge is 0.497 e. The van der Waals surface area contributed by atoms with Crippen molar-refractivity contribution < 1.29 is 19.0 Å². The number of hydrogen-bond donors (Lipinski definition) is 1. The molecule has 0 aliphatic carbocycles. The third kappa shape index (κ3) is 6.49. The van der Waals surface area contributed by atoms with Crippen molar-refractivity contribution in [3.05, 3.63) is 59.7 Å². The van der Waals surface area contributed by atoms with Gasteiger partial charge in [0.05, 0.1) is 21.3 Å². The Bertz CT molecular complexity index is 875. The van der Waals surface area contributed by atoms with Gasteiger partial charge in [0.2, 0.25) is 0 Å². The molecule has 1 atom stereocenters. The highest BCUT2D eigenvalue weighted by Crippen LogP contribution is 2.23. The third-order valence-corrected chi connectivity index (χ3v) is 5.57. The molecule has 1 N–H and O–H groups in total. The van der Waals surface area contributed by atoms with E-state index in [0.717, 1.165) is 43.8 Å². The van der Waals surface area contributed by atoms with Crippen molar-refractivity contribution in [2.45, 2.75) is 12.8 Å². The maximum absolute atomic E-state index is 12.6. The van der Waals surface area contributed by atoms with Crippen LogP contribution < -0.4 is 19.5 Å². The van der Waals surface area contributed by atoms with Crippen LogP contribution in [0.25, 0.3) is 6.08 Å². The predicted octanol–water partition coefficient (Wildman–Crippen LogP) is 3.87. The lowest BCUT2D eigenvalue weighted by molar-refractivity contribution is 0.0934. The average molecular weight is 425 g/mol. The lowest BCUT2D eigenvalue weighted by Gasteiger charge is -2.32. The molecular weight excluding hydrogens is 392 g/mol. The highest BCUT2D eigenvalue weighted by Gasteiger charge is 2.20. The molecule has 166 valence electrons. The minimum absolute atomic E-state index is 0.106. The van der Waals surface area contributed by atoms with Gasteiger partial charge in [0, 0.05) is 36.8 Å². The van der Waals surface area contributed by atoms with Crippen LogP contribution in [0.3, 0.4) is 0 Å². The Morgan fingerprint density at radius 2 is 1.84 bits per heavy atom. The number of carbonyl (C=O) groups excluding carboxylic acids is 1. The van der Waals surface area contributed by atoms with E-state index >= 15 is 0 Å². The molecule has 2 aromatic rings. The van der Waals surface area contributed by atoms with Crippen LogP contribution in [0.1, 0.15) is 28.8 Å². The molecular formula is C25H32N2O4. The molecule has 0 spiro atoms. The van der Waals surface area contributed by atoms with Crippen molar-refractivity contribution in [1.29, 1.82) is 0 Å². The number of carbonyl (C=O) groups is 1. The maximum atomic E-state index is 12.6. The van der Waals surface area contributed by atoms with Crippen molar-refractivity contribution >= 4 is 12.0 Å². The van der Waals surface area contributed by atoms with Crippen LogP contribution in [0, 0.1) is 5.92 Å². The molecule has 2 aromatic carbocycles. The van der Waals surface area contributed by atoms with Gasteiger partial charge in [0.1, 0.15) is 17.2 Å². The Balaban J connectivity index is 1.51. The van der Waals surface area contributed by atoms with E-state index in [1.165, 1.54) is 0 Å². The molecule has 1 unspecified atom stereocenters. The second kappa shape index (κ2) is 11.4. The second-order valence-corrected chi connectivity index (χ2v) is 7.72. The zero-order valence-electron chi connectivity index (χ0n) is 18.6. The fourth-order valence-electron chi connectivity index (χ4n) is 3.89. The minimum atomic E-state index is -0.106. The zero-order valence-corrected chi connectivity index (χ0v) is 18.6. The number of nitrogens with one attached hydrogen (secondary N) is 1. The van der Waals surface area contributed by atoms with Crippen LogP contribution in [-0.2, 0) is 0 Å². The molecule has 1 aliphatic rings. The Morgan fingerprint density at radius 3 is 2.55 bits per heavy atom. The molecule has 1 fully saturated rings. The highest BCUT2D eigenvalue weighted by molar-refractivity contribution is 5.95. The van der Waals surface area contributed by atoms with Gasteiger partial charge in [-0.25, -0.2) is 0 Å². The predicted molar refractivity (Wildman–Crippen MR) is 123 cm³/mol. The second-order valence-electron chi connectivity index (χ2n) is 7.72.